The number of nitrogens with one attached hydrogen (secondary N) is 1. The van der Waals surface area contributed by atoms with Gasteiger partial charge in [0.25, 0.3) is 0 Å². The van der Waals surface area contributed by atoms with Gasteiger partial charge in [-0.15, -0.1) is 11.3 Å². The van der Waals surface area contributed by atoms with Crippen LogP contribution in [0.4, 0.5) is 5.13 Å². The first-order chi connectivity index (χ1) is 8.81. The predicted octanol–water partition coefficient (Wildman–Crippen LogP) is 3.23. The fourth-order valence-electron chi connectivity index (χ4n) is 1.84. The van der Waals surface area contributed by atoms with Crippen LogP contribution in [-0.2, 0) is 13.1 Å². The number of rotatable bonds is 4. The lowest BCUT2D eigenvalue weighted by atomic mass is 10.2. The number of aromatic nitrogens is 1. The fraction of sp³-hybridized carbons (Fsp3) is 0.154. The van der Waals surface area contributed by atoms with Gasteiger partial charge < -0.3 is 11.1 Å². The van der Waals surface area contributed by atoms with Crippen molar-refractivity contribution in [2.75, 3.05) is 5.73 Å². The Morgan fingerprint density at radius 2 is 2.17 bits per heavy atom. The van der Waals surface area contributed by atoms with Gasteiger partial charge in [0, 0.05) is 18.0 Å². The molecule has 3 N–H and O–H groups in total. The summed E-state index contributed by atoms with van der Waals surface area (Å²) in [7, 11) is 0. The lowest BCUT2D eigenvalue weighted by Gasteiger charge is -2.03. The van der Waals surface area contributed by atoms with E-state index >= 15 is 0 Å². The zero-order valence-electron chi connectivity index (χ0n) is 9.72. The van der Waals surface area contributed by atoms with E-state index in [-0.39, 0.29) is 0 Å². The quantitative estimate of drug-likeness (QED) is 0.768. The van der Waals surface area contributed by atoms with Crippen molar-refractivity contribution in [2.45, 2.75) is 13.1 Å². The highest BCUT2D eigenvalue weighted by Gasteiger charge is 2.02. The Morgan fingerprint density at radius 1 is 1.22 bits per heavy atom. The van der Waals surface area contributed by atoms with E-state index in [1.807, 2.05) is 6.07 Å². The molecule has 0 atom stereocenters. The minimum atomic E-state index is 0.633. The number of nitrogens with two attached hydrogens (primary N) is 1. The molecular formula is C13H13N3S2. The lowest BCUT2D eigenvalue weighted by Crippen LogP contribution is -2.11. The maximum atomic E-state index is 5.70. The Morgan fingerprint density at radius 3 is 3.00 bits per heavy atom. The molecule has 0 aliphatic rings. The largest absolute Gasteiger partial charge is 0.375 e. The third kappa shape index (κ3) is 2.53. The molecule has 0 aliphatic heterocycles. The molecule has 0 radical (unpaired) electrons. The molecule has 3 nitrogen and oxygen atoms in total. The van der Waals surface area contributed by atoms with E-state index < -0.39 is 0 Å². The molecule has 2 heterocycles. The van der Waals surface area contributed by atoms with Gasteiger partial charge in [-0.2, -0.15) is 0 Å². The Bertz CT molecular complexity index is 643. The third-order valence-electron chi connectivity index (χ3n) is 2.68. The van der Waals surface area contributed by atoms with E-state index in [0.717, 1.165) is 23.3 Å². The summed E-state index contributed by atoms with van der Waals surface area (Å²) in [6, 6.07) is 10.5. The summed E-state index contributed by atoms with van der Waals surface area (Å²) >= 11 is 3.32. The lowest BCUT2D eigenvalue weighted by molar-refractivity contribution is 0.701. The van der Waals surface area contributed by atoms with Crippen LogP contribution in [0, 0.1) is 0 Å². The van der Waals surface area contributed by atoms with Gasteiger partial charge in [0.2, 0.25) is 0 Å². The number of anilines is 1. The summed E-state index contributed by atoms with van der Waals surface area (Å²) in [6.45, 7) is 1.78. The van der Waals surface area contributed by atoms with Crippen molar-refractivity contribution in [3.63, 3.8) is 0 Å². The smallest absolute Gasteiger partial charge is 0.181 e. The Balaban J connectivity index is 1.67. The number of benzene rings is 1. The molecule has 2 aromatic heterocycles. The van der Waals surface area contributed by atoms with Gasteiger partial charge in [0.1, 0.15) is 0 Å². The molecule has 0 aliphatic carbocycles. The van der Waals surface area contributed by atoms with Gasteiger partial charge in [-0.25, -0.2) is 4.98 Å². The first kappa shape index (κ1) is 11.6. The van der Waals surface area contributed by atoms with Crippen LogP contribution in [0.25, 0.3) is 10.2 Å². The Hall–Kier alpha value is -1.43. The second-order valence-electron chi connectivity index (χ2n) is 4.04. The average Bonchev–Trinajstić information content (AvgIpc) is 2.96. The van der Waals surface area contributed by atoms with E-state index in [0.29, 0.717) is 5.13 Å². The number of nitrogen functional groups attached to an aromatic ring is 1. The molecule has 0 unspecified atom stereocenters. The summed E-state index contributed by atoms with van der Waals surface area (Å²) in [5.74, 6) is 0. The van der Waals surface area contributed by atoms with Crippen LogP contribution in [-0.4, -0.2) is 4.98 Å². The van der Waals surface area contributed by atoms with Crippen LogP contribution in [0.1, 0.15) is 10.4 Å². The van der Waals surface area contributed by atoms with Gasteiger partial charge >= 0.3 is 0 Å². The standard InChI is InChI=1S/C13H13N3S2/c14-13-16-11-4-3-9(6-12(11)18-13)7-15-8-10-2-1-5-17-10/h1-6,15H,7-8H2,(H2,14,16). The first-order valence-corrected chi connectivity index (χ1v) is 7.39. The molecular weight excluding hydrogens is 262 g/mol. The highest BCUT2D eigenvalue weighted by molar-refractivity contribution is 7.22. The number of thiophene rings is 1. The van der Waals surface area contributed by atoms with Gasteiger partial charge in [-0.05, 0) is 29.1 Å². The second kappa shape index (κ2) is 5.06. The van der Waals surface area contributed by atoms with E-state index in [2.05, 4.69) is 39.9 Å². The topological polar surface area (TPSA) is 50.9 Å². The van der Waals surface area contributed by atoms with E-state index in [4.69, 9.17) is 5.73 Å². The molecule has 3 aromatic rings. The summed E-state index contributed by atoms with van der Waals surface area (Å²) < 4.78 is 1.16. The zero-order chi connectivity index (χ0) is 12.4. The van der Waals surface area contributed by atoms with Gasteiger partial charge in [-0.1, -0.05) is 23.5 Å². The molecule has 0 saturated carbocycles. The van der Waals surface area contributed by atoms with Crippen molar-refractivity contribution in [3.05, 3.63) is 46.2 Å². The summed E-state index contributed by atoms with van der Waals surface area (Å²) in [5.41, 5.74) is 7.95. The van der Waals surface area contributed by atoms with Crippen molar-refractivity contribution in [3.8, 4) is 0 Å². The van der Waals surface area contributed by atoms with Gasteiger partial charge in [0.05, 0.1) is 10.2 Å². The monoisotopic (exact) mass is 275 g/mol. The number of fused-ring (bicyclic) bond motifs is 1. The second-order valence-corrected chi connectivity index (χ2v) is 6.13. The molecule has 92 valence electrons. The van der Waals surface area contributed by atoms with Crippen LogP contribution in [0.2, 0.25) is 0 Å². The van der Waals surface area contributed by atoms with E-state index in [1.54, 1.807) is 11.3 Å². The zero-order valence-corrected chi connectivity index (χ0v) is 11.4. The maximum Gasteiger partial charge on any atom is 0.181 e. The fourth-order valence-corrected chi connectivity index (χ4v) is 3.31. The molecule has 18 heavy (non-hydrogen) atoms. The SMILES string of the molecule is Nc1nc2ccc(CNCc3cccs3)cc2s1. The van der Waals surface area contributed by atoms with Crippen molar-refractivity contribution >= 4 is 38.0 Å². The normalized spacial score (nSPS) is 11.1. The molecule has 1 aromatic carbocycles. The van der Waals surface area contributed by atoms with Gasteiger partial charge in [-0.3, -0.25) is 0 Å². The van der Waals surface area contributed by atoms with E-state index in [1.165, 1.54) is 21.8 Å². The van der Waals surface area contributed by atoms with Crippen molar-refractivity contribution in [1.29, 1.82) is 0 Å². The Labute approximate surface area is 113 Å². The molecule has 0 bridgehead atoms. The van der Waals surface area contributed by atoms with Crippen LogP contribution >= 0.6 is 22.7 Å². The molecule has 0 spiro atoms. The van der Waals surface area contributed by atoms with Crippen LogP contribution in [0.15, 0.2) is 35.7 Å². The number of nitrogens with zero attached hydrogens (tertiary/aromatic N) is 1. The molecule has 0 amide bonds. The molecule has 0 saturated heterocycles. The third-order valence-corrected chi connectivity index (χ3v) is 4.40. The van der Waals surface area contributed by atoms with Crippen LogP contribution in [0.5, 0.6) is 0 Å². The molecule has 0 fully saturated rings. The molecule has 5 heteroatoms. The number of hydrogen-bond acceptors (Lipinski definition) is 5. The van der Waals surface area contributed by atoms with Crippen molar-refractivity contribution in [2.24, 2.45) is 0 Å². The molecule has 3 rings (SSSR count). The van der Waals surface area contributed by atoms with Crippen LogP contribution < -0.4 is 11.1 Å². The maximum absolute atomic E-state index is 5.70. The average molecular weight is 275 g/mol. The Kier molecular flexibility index (Phi) is 3.27. The highest BCUT2D eigenvalue weighted by atomic mass is 32.1. The predicted molar refractivity (Wildman–Crippen MR) is 78.9 cm³/mol. The number of hydrogen-bond donors (Lipinski definition) is 2. The van der Waals surface area contributed by atoms with Crippen molar-refractivity contribution in [1.82, 2.24) is 10.3 Å². The highest BCUT2D eigenvalue weighted by Crippen LogP contribution is 2.24. The van der Waals surface area contributed by atoms with E-state index in [9.17, 15) is 0 Å². The summed E-state index contributed by atoms with van der Waals surface area (Å²) in [6.07, 6.45) is 0. The minimum absolute atomic E-state index is 0.633. The van der Waals surface area contributed by atoms with Crippen molar-refractivity contribution < 1.29 is 0 Å². The minimum Gasteiger partial charge on any atom is -0.375 e. The van der Waals surface area contributed by atoms with Crippen LogP contribution in [0.3, 0.4) is 0 Å². The number of thiazole rings is 1. The summed E-state index contributed by atoms with van der Waals surface area (Å²) in [5, 5.41) is 6.17. The first-order valence-electron chi connectivity index (χ1n) is 5.69. The summed E-state index contributed by atoms with van der Waals surface area (Å²) in [4.78, 5) is 5.61. The van der Waals surface area contributed by atoms with Gasteiger partial charge in [0.15, 0.2) is 5.13 Å².